The van der Waals surface area contributed by atoms with Gasteiger partial charge in [-0.25, -0.2) is 4.98 Å². The predicted molar refractivity (Wildman–Crippen MR) is 139 cm³/mol. The van der Waals surface area contributed by atoms with E-state index < -0.39 is 5.60 Å². The number of pyridine rings is 1. The van der Waals surface area contributed by atoms with E-state index >= 15 is 0 Å². The molecule has 3 unspecified atom stereocenters. The quantitative estimate of drug-likeness (QED) is 0.491. The van der Waals surface area contributed by atoms with Gasteiger partial charge in [0.05, 0.1) is 18.3 Å². The van der Waals surface area contributed by atoms with Crippen molar-refractivity contribution in [2.24, 2.45) is 5.92 Å². The zero-order chi connectivity index (χ0) is 25.2. The van der Waals surface area contributed by atoms with Gasteiger partial charge in [-0.2, -0.15) is 0 Å². The summed E-state index contributed by atoms with van der Waals surface area (Å²) in [5.74, 6) is 1.12. The number of para-hydroxylation sites is 1. The summed E-state index contributed by atoms with van der Waals surface area (Å²) in [5, 5.41) is 2.89. The second-order valence-corrected chi connectivity index (χ2v) is 10.9. The minimum atomic E-state index is -0.661. The Kier molecular flexibility index (Phi) is 6.65. The zero-order valence-electron chi connectivity index (χ0n) is 20.6. The number of hydrogen-bond acceptors (Lipinski definition) is 7. The summed E-state index contributed by atoms with van der Waals surface area (Å²) >= 11 is 1.55. The van der Waals surface area contributed by atoms with Crippen LogP contribution in [0.25, 0.3) is 11.3 Å². The first-order chi connectivity index (χ1) is 18.1. The van der Waals surface area contributed by atoms with Crippen molar-refractivity contribution in [3.05, 3.63) is 65.2 Å². The zero-order valence-corrected chi connectivity index (χ0v) is 21.4. The summed E-state index contributed by atoms with van der Waals surface area (Å²) in [6.07, 6.45) is 6.79. The molecule has 3 aliphatic rings. The third-order valence-corrected chi connectivity index (χ3v) is 8.66. The largest absolute Gasteiger partial charge is 0.484 e. The fourth-order valence-corrected chi connectivity index (χ4v) is 6.71. The van der Waals surface area contributed by atoms with Crippen molar-refractivity contribution in [3.63, 3.8) is 0 Å². The van der Waals surface area contributed by atoms with Gasteiger partial charge in [-0.05, 0) is 55.9 Å². The number of carbonyl (C=O) groups excluding carboxylic acids is 2. The number of fused-ring (bicyclic) bond motifs is 2. The van der Waals surface area contributed by atoms with Crippen LogP contribution in [-0.2, 0) is 14.3 Å². The van der Waals surface area contributed by atoms with Gasteiger partial charge in [-0.1, -0.05) is 18.2 Å². The van der Waals surface area contributed by atoms with Crippen molar-refractivity contribution >= 4 is 23.2 Å². The van der Waals surface area contributed by atoms with Crippen molar-refractivity contribution in [1.82, 2.24) is 19.8 Å². The Morgan fingerprint density at radius 2 is 1.92 bits per heavy atom. The van der Waals surface area contributed by atoms with Crippen LogP contribution < -0.4 is 4.74 Å². The molecular formula is C28H30N4O4S. The molecular weight excluding hydrogens is 488 g/mol. The molecule has 1 saturated carbocycles. The van der Waals surface area contributed by atoms with Gasteiger partial charge >= 0.3 is 0 Å². The number of nitrogens with zero attached hydrogens (tertiary/aromatic N) is 4. The monoisotopic (exact) mass is 518 g/mol. The molecule has 2 bridgehead atoms. The fourth-order valence-electron chi connectivity index (χ4n) is 5.73. The van der Waals surface area contributed by atoms with Crippen molar-refractivity contribution in [1.29, 1.82) is 0 Å². The molecule has 8 nitrogen and oxygen atoms in total. The van der Waals surface area contributed by atoms with E-state index in [0.29, 0.717) is 44.3 Å². The molecule has 1 aromatic carbocycles. The van der Waals surface area contributed by atoms with Gasteiger partial charge in [0.2, 0.25) is 0 Å². The van der Waals surface area contributed by atoms with E-state index in [2.05, 4.69) is 4.98 Å². The van der Waals surface area contributed by atoms with Gasteiger partial charge in [-0.15, -0.1) is 11.3 Å². The Morgan fingerprint density at radius 1 is 1.08 bits per heavy atom. The van der Waals surface area contributed by atoms with Crippen molar-refractivity contribution in [2.75, 3.05) is 32.8 Å². The molecule has 9 heteroatoms. The summed E-state index contributed by atoms with van der Waals surface area (Å²) in [6, 6.07) is 13.0. The number of thiazole rings is 1. The van der Waals surface area contributed by atoms with E-state index in [0.717, 1.165) is 35.5 Å². The Morgan fingerprint density at radius 3 is 2.65 bits per heavy atom. The van der Waals surface area contributed by atoms with Gasteiger partial charge < -0.3 is 19.3 Å². The summed E-state index contributed by atoms with van der Waals surface area (Å²) in [5.41, 5.74) is 1.19. The van der Waals surface area contributed by atoms with Crippen molar-refractivity contribution in [3.8, 4) is 17.0 Å². The summed E-state index contributed by atoms with van der Waals surface area (Å²) < 4.78 is 11.8. The highest BCUT2D eigenvalue weighted by molar-refractivity contribution is 7.10. The molecule has 3 atom stereocenters. The van der Waals surface area contributed by atoms with Gasteiger partial charge in [0, 0.05) is 43.0 Å². The maximum absolute atomic E-state index is 13.6. The molecule has 2 aliphatic heterocycles. The van der Waals surface area contributed by atoms with E-state index in [1.54, 1.807) is 23.7 Å². The van der Waals surface area contributed by atoms with Crippen LogP contribution in [0.1, 0.15) is 36.7 Å². The molecule has 37 heavy (non-hydrogen) atoms. The molecule has 3 fully saturated rings. The normalized spacial score (nSPS) is 25.2. The first-order valence-corrected chi connectivity index (χ1v) is 13.8. The van der Waals surface area contributed by atoms with Crippen LogP contribution in [0.15, 0.2) is 60.2 Å². The van der Waals surface area contributed by atoms with Crippen molar-refractivity contribution < 1.29 is 19.1 Å². The van der Waals surface area contributed by atoms with Gasteiger partial charge in [0.25, 0.3) is 11.8 Å². The molecule has 0 N–H and O–H groups in total. The lowest BCUT2D eigenvalue weighted by Crippen LogP contribution is -2.49. The Hall–Kier alpha value is -3.30. The SMILES string of the molecule is O=C(COc1ccccc1)N1CCN(C(=O)C23CCC(CO2)C3)CCC1c1nc(-c2ccncc2)cs1. The Bertz CT molecular complexity index is 1240. The predicted octanol–water partition coefficient (Wildman–Crippen LogP) is 3.96. The van der Waals surface area contributed by atoms with E-state index in [-0.39, 0.29) is 24.5 Å². The number of benzene rings is 1. The molecule has 192 valence electrons. The highest BCUT2D eigenvalue weighted by atomic mass is 32.1. The molecule has 2 saturated heterocycles. The van der Waals surface area contributed by atoms with Crippen LogP contribution in [0.4, 0.5) is 0 Å². The highest BCUT2D eigenvalue weighted by Crippen LogP contribution is 2.45. The second kappa shape index (κ2) is 10.2. The average Bonchev–Trinajstić information content (AvgIpc) is 3.67. The highest BCUT2D eigenvalue weighted by Gasteiger charge is 2.53. The summed E-state index contributed by atoms with van der Waals surface area (Å²) in [6.45, 7) is 2.08. The standard InChI is InChI=1S/C28H30N4O4S/c33-25(18-35-22-4-2-1-3-5-22)32-15-14-31(27(34)28-10-6-20(16-28)17-36-28)13-9-24(32)26-30-23(19-37-26)21-7-11-29-12-8-21/h1-5,7-8,11-12,19-20,24H,6,9-10,13-18H2. The number of amides is 2. The minimum Gasteiger partial charge on any atom is -0.484 e. The lowest BCUT2D eigenvalue weighted by molar-refractivity contribution is -0.154. The Labute approximate surface area is 220 Å². The smallest absolute Gasteiger partial charge is 0.261 e. The fraction of sp³-hybridized carbons (Fsp3) is 0.429. The van der Waals surface area contributed by atoms with Gasteiger partial charge in [0.15, 0.2) is 6.61 Å². The topological polar surface area (TPSA) is 84.9 Å². The number of rotatable bonds is 6. The molecule has 0 spiro atoms. The Balaban J connectivity index is 1.23. The molecule has 4 heterocycles. The summed E-state index contributed by atoms with van der Waals surface area (Å²) in [4.78, 5) is 39.8. The van der Waals surface area contributed by atoms with Crippen LogP contribution in [0.3, 0.4) is 0 Å². The van der Waals surface area contributed by atoms with Crippen LogP contribution in [-0.4, -0.2) is 70.0 Å². The molecule has 2 amide bonds. The third kappa shape index (κ3) is 4.85. The average molecular weight is 519 g/mol. The molecule has 3 aromatic rings. The van der Waals surface area contributed by atoms with Gasteiger partial charge in [-0.3, -0.25) is 14.6 Å². The van der Waals surface area contributed by atoms with E-state index in [4.69, 9.17) is 14.5 Å². The maximum Gasteiger partial charge on any atom is 0.261 e. The van der Waals surface area contributed by atoms with Crippen LogP contribution in [0.2, 0.25) is 0 Å². The van der Waals surface area contributed by atoms with Crippen LogP contribution in [0, 0.1) is 5.92 Å². The number of hydrogen-bond donors (Lipinski definition) is 0. The second-order valence-electron chi connectivity index (χ2n) is 10.0. The van der Waals surface area contributed by atoms with E-state index in [9.17, 15) is 9.59 Å². The number of carbonyl (C=O) groups is 2. The molecule has 0 radical (unpaired) electrons. The molecule has 1 aliphatic carbocycles. The lowest BCUT2D eigenvalue weighted by Gasteiger charge is -2.32. The third-order valence-electron chi connectivity index (χ3n) is 7.72. The van der Waals surface area contributed by atoms with Crippen LogP contribution >= 0.6 is 11.3 Å². The van der Waals surface area contributed by atoms with E-state index in [1.807, 2.05) is 57.6 Å². The first-order valence-electron chi connectivity index (χ1n) is 12.9. The number of ether oxygens (including phenoxy) is 2. The minimum absolute atomic E-state index is 0.0637. The first kappa shape index (κ1) is 24.1. The molecule has 6 rings (SSSR count). The van der Waals surface area contributed by atoms with Crippen LogP contribution in [0.5, 0.6) is 5.75 Å². The number of aromatic nitrogens is 2. The van der Waals surface area contributed by atoms with Crippen molar-refractivity contribution in [2.45, 2.75) is 37.3 Å². The van der Waals surface area contributed by atoms with E-state index in [1.165, 1.54) is 0 Å². The van der Waals surface area contributed by atoms with Gasteiger partial charge in [0.1, 0.15) is 16.4 Å². The maximum atomic E-state index is 13.6. The summed E-state index contributed by atoms with van der Waals surface area (Å²) in [7, 11) is 0. The lowest BCUT2D eigenvalue weighted by atomic mass is 10.0. The molecule has 2 aromatic heterocycles.